The maximum atomic E-state index is 11.8. The van der Waals surface area contributed by atoms with Crippen molar-refractivity contribution in [1.82, 2.24) is 9.88 Å². The lowest BCUT2D eigenvalue weighted by atomic mass is 9.79. The van der Waals surface area contributed by atoms with E-state index in [1.165, 1.54) is 6.07 Å². The van der Waals surface area contributed by atoms with E-state index in [1.807, 2.05) is 35.2 Å². The minimum Gasteiger partial charge on any atom is -0.491 e. The molecule has 0 atom stereocenters. The number of anilines is 2. The second kappa shape index (κ2) is 9.88. The number of aromatic nitrogens is 1. The monoisotopic (exact) mass is 472 g/mol. The van der Waals surface area contributed by atoms with E-state index in [1.54, 1.807) is 0 Å². The van der Waals surface area contributed by atoms with Crippen LogP contribution in [0.2, 0.25) is 0 Å². The van der Waals surface area contributed by atoms with E-state index in [4.69, 9.17) is 10.1 Å². The highest BCUT2D eigenvalue weighted by atomic mass is 32.2. The molecule has 0 amide bonds. The number of pyridine rings is 1. The van der Waals surface area contributed by atoms with Crippen molar-refractivity contribution in [2.24, 2.45) is 5.92 Å². The average molecular weight is 473 g/mol. The van der Waals surface area contributed by atoms with Crippen molar-refractivity contribution >= 4 is 33.0 Å². The molecule has 1 saturated carbocycles. The number of nitrogens with one attached hydrogen (secondary N) is 2. The van der Waals surface area contributed by atoms with Crippen LogP contribution in [0.5, 0.6) is 5.75 Å². The fourth-order valence-electron chi connectivity index (χ4n) is 3.91. The van der Waals surface area contributed by atoms with Crippen LogP contribution in [0, 0.1) is 11.3 Å². The van der Waals surface area contributed by atoms with E-state index in [0.717, 1.165) is 24.9 Å². The third kappa shape index (κ3) is 5.69. The van der Waals surface area contributed by atoms with E-state index in [0.29, 0.717) is 36.7 Å². The summed E-state index contributed by atoms with van der Waals surface area (Å²) in [6.07, 6.45) is 2.88. The molecule has 1 aromatic heterocycles. The first-order chi connectivity index (χ1) is 15.8. The maximum Gasteiger partial charge on any atom is 0.354 e. The number of benzene rings is 1. The molecule has 9 nitrogen and oxygen atoms in total. The number of sulfone groups is 1. The smallest absolute Gasteiger partial charge is 0.354 e. The van der Waals surface area contributed by atoms with E-state index >= 15 is 0 Å². The minimum absolute atomic E-state index is 0.0912. The van der Waals surface area contributed by atoms with Gasteiger partial charge in [-0.1, -0.05) is 24.6 Å². The number of rotatable bonds is 9. The predicted octanol–water partition coefficient (Wildman–Crippen LogP) is 2.80. The molecule has 2 fully saturated rings. The number of ether oxygens (including phenoxy) is 1. The Morgan fingerprint density at radius 2 is 1.91 bits per heavy atom. The maximum absolute atomic E-state index is 11.8. The van der Waals surface area contributed by atoms with E-state index in [2.05, 4.69) is 10.3 Å². The quantitative estimate of drug-likeness (QED) is 0.475. The van der Waals surface area contributed by atoms with Gasteiger partial charge in [0.25, 0.3) is 0 Å². The van der Waals surface area contributed by atoms with Crippen molar-refractivity contribution in [2.75, 3.05) is 43.1 Å². The van der Waals surface area contributed by atoms with Gasteiger partial charge in [0, 0.05) is 43.0 Å². The summed E-state index contributed by atoms with van der Waals surface area (Å²) in [5.74, 6) is -0.228. The van der Waals surface area contributed by atoms with Crippen molar-refractivity contribution < 1.29 is 23.1 Å². The molecule has 2 aliphatic rings. The molecular formula is C23H28N4O5S. The normalized spacial score (nSPS) is 18.3. The summed E-state index contributed by atoms with van der Waals surface area (Å²) in [7, 11) is -2.96. The second-order valence-corrected chi connectivity index (χ2v) is 10.7. The molecule has 1 aliphatic carbocycles. The number of carboxylic acid groups (broad SMARTS) is 1. The number of para-hydroxylation sites is 1. The lowest BCUT2D eigenvalue weighted by Gasteiger charge is -2.29. The van der Waals surface area contributed by atoms with Gasteiger partial charge in [-0.25, -0.2) is 18.2 Å². The number of hydrogen-bond acceptors (Lipinski definition) is 8. The Bertz CT molecular complexity index is 1120. The Morgan fingerprint density at radius 3 is 2.52 bits per heavy atom. The molecule has 0 spiro atoms. The molecule has 0 radical (unpaired) electrons. The zero-order valence-corrected chi connectivity index (χ0v) is 19.1. The van der Waals surface area contributed by atoms with Crippen molar-refractivity contribution in [3.8, 4) is 5.75 Å². The van der Waals surface area contributed by atoms with Crippen molar-refractivity contribution in [3.63, 3.8) is 0 Å². The van der Waals surface area contributed by atoms with Gasteiger partial charge in [0.05, 0.1) is 17.1 Å². The Hall–Kier alpha value is -2.98. The van der Waals surface area contributed by atoms with Crippen molar-refractivity contribution in [1.29, 1.82) is 5.41 Å². The summed E-state index contributed by atoms with van der Waals surface area (Å²) in [6, 6.07) is 10.7. The van der Waals surface area contributed by atoms with E-state index in [9.17, 15) is 18.3 Å². The van der Waals surface area contributed by atoms with Gasteiger partial charge in [0.1, 0.15) is 18.2 Å². The fourth-order valence-corrected chi connectivity index (χ4v) is 5.19. The second-order valence-electron chi connectivity index (χ2n) is 8.41. The SMILES string of the molecule is N=C(c1c(OCCN2CCS(=O)(=O)CC2)cc(C(=O)O)nc1Nc1ccccc1)C1CCC1. The predicted molar refractivity (Wildman–Crippen MR) is 126 cm³/mol. The van der Waals surface area contributed by atoms with Gasteiger partial charge in [-0.3, -0.25) is 4.90 Å². The molecule has 10 heteroatoms. The molecule has 1 aliphatic heterocycles. The first kappa shape index (κ1) is 23.2. The molecule has 2 heterocycles. The average Bonchev–Trinajstić information content (AvgIpc) is 2.74. The van der Waals surface area contributed by atoms with Crippen LogP contribution >= 0.6 is 0 Å². The topological polar surface area (TPSA) is 133 Å². The van der Waals surface area contributed by atoms with Gasteiger partial charge < -0.3 is 20.6 Å². The molecule has 0 unspecified atom stereocenters. The zero-order chi connectivity index (χ0) is 23.4. The largest absolute Gasteiger partial charge is 0.491 e. The molecule has 1 aromatic carbocycles. The summed E-state index contributed by atoms with van der Waals surface area (Å²) >= 11 is 0. The Kier molecular flexibility index (Phi) is 6.94. The van der Waals surface area contributed by atoms with Crippen LogP contribution in [0.15, 0.2) is 36.4 Å². The highest BCUT2D eigenvalue weighted by molar-refractivity contribution is 7.91. The Balaban J connectivity index is 1.60. The number of aromatic carboxylic acids is 1. The molecule has 2 aromatic rings. The lowest BCUT2D eigenvalue weighted by Crippen LogP contribution is -2.42. The van der Waals surface area contributed by atoms with Gasteiger partial charge in [-0.2, -0.15) is 0 Å². The standard InChI is InChI=1S/C23H28N4O5S/c24-21(16-5-4-6-16)20-19(32-12-9-27-10-13-33(30,31)14-11-27)15-18(23(28)29)26-22(20)25-17-7-2-1-3-8-17/h1-3,7-8,15-16,24H,4-6,9-14H2,(H,25,26)(H,28,29). The third-order valence-electron chi connectivity index (χ3n) is 6.12. The van der Waals surface area contributed by atoms with Crippen LogP contribution < -0.4 is 10.1 Å². The summed E-state index contributed by atoms with van der Waals surface area (Å²) in [5, 5.41) is 21.6. The first-order valence-corrected chi connectivity index (χ1v) is 12.9. The number of carboxylic acids is 1. The number of carbonyl (C=O) groups is 1. The van der Waals surface area contributed by atoms with Crippen LogP contribution in [0.4, 0.5) is 11.5 Å². The van der Waals surface area contributed by atoms with E-state index in [-0.39, 0.29) is 35.5 Å². The van der Waals surface area contributed by atoms with Crippen molar-refractivity contribution in [3.05, 3.63) is 47.7 Å². The van der Waals surface area contributed by atoms with Crippen LogP contribution in [-0.2, 0) is 9.84 Å². The minimum atomic E-state index is -2.96. The summed E-state index contributed by atoms with van der Waals surface area (Å²) in [4.78, 5) is 18.1. The van der Waals surface area contributed by atoms with Gasteiger partial charge in [0.15, 0.2) is 15.5 Å². The molecule has 33 heavy (non-hydrogen) atoms. The first-order valence-electron chi connectivity index (χ1n) is 11.1. The fraction of sp³-hybridized carbons (Fsp3) is 0.435. The molecular weight excluding hydrogens is 444 g/mol. The van der Waals surface area contributed by atoms with Crippen LogP contribution in [-0.4, -0.2) is 72.8 Å². The van der Waals surface area contributed by atoms with Gasteiger partial charge in [-0.05, 0) is 25.0 Å². The van der Waals surface area contributed by atoms with Gasteiger partial charge >= 0.3 is 5.97 Å². The van der Waals surface area contributed by atoms with Gasteiger partial charge in [-0.15, -0.1) is 0 Å². The van der Waals surface area contributed by atoms with Crippen molar-refractivity contribution in [2.45, 2.75) is 19.3 Å². The number of nitrogens with zero attached hydrogens (tertiary/aromatic N) is 2. The highest BCUT2D eigenvalue weighted by Gasteiger charge is 2.29. The third-order valence-corrected chi connectivity index (χ3v) is 7.73. The molecule has 3 N–H and O–H groups in total. The molecule has 0 bridgehead atoms. The Labute approximate surface area is 193 Å². The molecule has 4 rings (SSSR count). The lowest BCUT2D eigenvalue weighted by molar-refractivity contribution is 0.0690. The zero-order valence-electron chi connectivity index (χ0n) is 18.3. The van der Waals surface area contributed by atoms with Crippen LogP contribution in [0.1, 0.15) is 35.3 Å². The summed E-state index contributed by atoms with van der Waals surface area (Å²) in [5.41, 5.74) is 1.44. The number of hydrogen-bond donors (Lipinski definition) is 3. The summed E-state index contributed by atoms with van der Waals surface area (Å²) in [6.45, 7) is 1.67. The van der Waals surface area contributed by atoms with E-state index < -0.39 is 15.8 Å². The van der Waals surface area contributed by atoms with Crippen LogP contribution in [0.25, 0.3) is 0 Å². The molecule has 176 valence electrons. The summed E-state index contributed by atoms with van der Waals surface area (Å²) < 4.78 is 29.3. The molecule has 1 saturated heterocycles. The highest BCUT2D eigenvalue weighted by Crippen LogP contribution is 2.37. The van der Waals surface area contributed by atoms with Crippen LogP contribution in [0.3, 0.4) is 0 Å². The Morgan fingerprint density at radius 1 is 1.21 bits per heavy atom. The van der Waals surface area contributed by atoms with Gasteiger partial charge in [0.2, 0.25) is 0 Å².